The fraction of sp³-hybridized carbons (Fsp3) is 0. The van der Waals surface area contributed by atoms with E-state index in [9.17, 15) is 4.79 Å². The molecule has 0 atom stereocenters. The molecule has 0 spiro atoms. The number of carbonyl (C=O) groups is 1. The van der Waals surface area contributed by atoms with Crippen molar-refractivity contribution in [2.75, 3.05) is 0 Å². The number of thiocarbonyl (C=S) groups is 1. The largest absolute Gasteiger partial charge is 0.328 e. The normalized spacial score (nSPS) is 18.5. The number of nitrogens with one attached hydrogen (secondary N) is 2. The van der Waals surface area contributed by atoms with E-state index in [1.54, 1.807) is 17.4 Å². The average Bonchev–Trinajstić information content (AvgIpc) is 2.61. The Bertz CT molecular complexity index is 438. The first-order chi connectivity index (χ1) is 6.65. The zero-order valence-corrected chi connectivity index (χ0v) is 10.1. The van der Waals surface area contributed by atoms with E-state index < -0.39 is 0 Å². The molecule has 2 rings (SSSR count). The molecule has 1 saturated heterocycles. The van der Waals surface area contributed by atoms with Gasteiger partial charge >= 0.3 is 0 Å². The summed E-state index contributed by atoms with van der Waals surface area (Å²) in [6.45, 7) is 0. The quantitative estimate of drug-likeness (QED) is 0.612. The van der Waals surface area contributed by atoms with E-state index in [1.165, 1.54) is 0 Å². The minimum Gasteiger partial charge on any atom is -0.328 e. The summed E-state index contributed by atoms with van der Waals surface area (Å²) in [5.41, 5.74) is 0.490. The molecule has 72 valence electrons. The first-order valence-corrected chi connectivity index (χ1v) is 5.76. The fourth-order valence-electron chi connectivity index (χ4n) is 1.03. The molecule has 6 heteroatoms. The molecule has 0 aromatic carbocycles. The van der Waals surface area contributed by atoms with Gasteiger partial charge in [-0.05, 0) is 46.4 Å². The fourth-order valence-corrected chi connectivity index (χ4v) is 2.60. The standard InChI is InChI=1S/C8H5BrN2OS2/c9-6-2-1-4(14-6)3-5-7(12)11-8(13)10-5/h1-3H,(H2,10,11,12,13)/b5-3+. The summed E-state index contributed by atoms with van der Waals surface area (Å²) in [5, 5.41) is 5.64. The van der Waals surface area contributed by atoms with Gasteiger partial charge in [0.15, 0.2) is 5.11 Å². The maximum absolute atomic E-state index is 11.3. The van der Waals surface area contributed by atoms with Gasteiger partial charge in [-0.25, -0.2) is 0 Å². The molecule has 1 amide bonds. The third kappa shape index (κ3) is 2.02. The van der Waals surface area contributed by atoms with Crippen molar-refractivity contribution in [3.05, 3.63) is 26.5 Å². The minimum atomic E-state index is -0.181. The van der Waals surface area contributed by atoms with Gasteiger partial charge in [0.1, 0.15) is 5.70 Å². The highest BCUT2D eigenvalue weighted by atomic mass is 79.9. The maximum atomic E-state index is 11.3. The molecule has 0 saturated carbocycles. The monoisotopic (exact) mass is 288 g/mol. The highest BCUT2D eigenvalue weighted by Gasteiger charge is 2.19. The summed E-state index contributed by atoms with van der Waals surface area (Å²) in [7, 11) is 0. The van der Waals surface area contributed by atoms with Crippen molar-refractivity contribution in [3.63, 3.8) is 0 Å². The van der Waals surface area contributed by atoms with E-state index in [0.29, 0.717) is 10.8 Å². The van der Waals surface area contributed by atoms with Crippen molar-refractivity contribution in [1.82, 2.24) is 10.6 Å². The van der Waals surface area contributed by atoms with E-state index in [0.717, 1.165) is 8.66 Å². The van der Waals surface area contributed by atoms with Crippen LogP contribution in [0, 0.1) is 0 Å². The number of carbonyl (C=O) groups excluding carboxylic acids is 1. The van der Waals surface area contributed by atoms with Crippen molar-refractivity contribution in [2.24, 2.45) is 0 Å². The number of hydrogen-bond donors (Lipinski definition) is 2. The third-order valence-electron chi connectivity index (χ3n) is 1.60. The number of thiophene rings is 1. The second-order valence-electron chi connectivity index (χ2n) is 2.61. The summed E-state index contributed by atoms with van der Waals surface area (Å²) < 4.78 is 1.03. The Morgan fingerprint density at radius 2 is 2.21 bits per heavy atom. The average molecular weight is 289 g/mol. The lowest BCUT2D eigenvalue weighted by molar-refractivity contribution is -0.115. The van der Waals surface area contributed by atoms with Crippen LogP contribution in [0.4, 0.5) is 0 Å². The molecule has 1 aromatic heterocycles. The Balaban J connectivity index is 2.27. The highest BCUT2D eigenvalue weighted by Crippen LogP contribution is 2.24. The number of halogens is 1. The van der Waals surface area contributed by atoms with Gasteiger partial charge in [-0.2, -0.15) is 0 Å². The van der Waals surface area contributed by atoms with Crippen LogP contribution in [0.5, 0.6) is 0 Å². The zero-order valence-electron chi connectivity index (χ0n) is 6.83. The first kappa shape index (κ1) is 9.82. The maximum Gasteiger partial charge on any atom is 0.273 e. The van der Waals surface area contributed by atoms with Crippen molar-refractivity contribution in [2.45, 2.75) is 0 Å². The third-order valence-corrected chi connectivity index (χ3v) is 3.38. The van der Waals surface area contributed by atoms with Crippen LogP contribution < -0.4 is 10.6 Å². The van der Waals surface area contributed by atoms with Crippen LogP contribution in [-0.2, 0) is 4.79 Å². The van der Waals surface area contributed by atoms with Crippen LogP contribution in [0.25, 0.3) is 6.08 Å². The summed E-state index contributed by atoms with van der Waals surface area (Å²) in [5.74, 6) is -0.181. The summed E-state index contributed by atoms with van der Waals surface area (Å²) in [4.78, 5) is 12.3. The molecule has 0 aliphatic carbocycles. The molecule has 14 heavy (non-hydrogen) atoms. The van der Waals surface area contributed by atoms with Gasteiger partial charge in [-0.3, -0.25) is 10.1 Å². The molecular weight excluding hydrogens is 284 g/mol. The molecule has 0 unspecified atom stereocenters. The zero-order chi connectivity index (χ0) is 10.1. The molecule has 1 fully saturated rings. The predicted octanol–water partition coefficient (Wildman–Crippen LogP) is 1.86. The number of hydrogen-bond acceptors (Lipinski definition) is 3. The summed E-state index contributed by atoms with van der Waals surface area (Å²) in [6.07, 6.45) is 1.77. The van der Waals surface area contributed by atoms with Gasteiger partial charge in [0.05, 0.1) is 3.79 Å². The van der Waals surface area contributed by atoms with Crippen LogP contribution >= 0.6 is 39.5 Å². The molecule has 3 nitrogen and oxygen atoms in total. The molecule has 1 aromatic rings. The van der Waals surface area contributed by atoms with E-state index in [2.05, 4.69) is 26.6 Å². The first-order valence-electron chi connectivity index (χ1n) is 3.74. The lowest BCUT2D eigenvalue weighted by Crippen LogP contribution is -2.21. The summed E-state index contributed by atoms with van der Waals surface area (Å²) >= 11 is 9.71. The van der Waals surface area contributed by atoms with Crippen LogP contribution in [-0.4, -0.2) is 11.0 Å². The Morgan fingerprint density at radius 3 is 2.71 bits per heavy atom. The van der Waals surface area contributed by atoms with Crippen LogP contribution in [0.3, 0.4) is 0 Å². The molecule has 0 radical (unpaired) electrons. The lowest BCUT2D eigenvalue weighted by Gasteiger charge is -1.91. The molecule has 0 bridgehead atoms. The van der Waals surface area contributed by atoms with Gasteiger partial charge in [0.2, 0.25) is 0 Å². The van der Waals surface area contributed by atoms with Gasteiger partial charge in [-0.1, -0.05) is 0 Å². The Labute approximate surface area is 98.3 Å². The number of amides is 1. The smallest absolute Gasteiger partial charge is 0.273 e. The van der Waals surface area contributed by atoms with Crippen molar-refractivity contribution in [1.29, 1.82) is 0 Å². The van der Waals surface area contributed by atoms with E-state index >= 15 is 0 Å². The van der Waals surface area contributed by atoms with Crippen molar-refractivity contribution >= 4 is 56.6 Å². The Morgan fingerprint density at radius 1 is 1.43 bits per heavy atom. The van der Waals surface area contributed by atoms with E-state index in [4.69, 9.17) is 12.2 Å². The molecular formula is C8H5BrN2OS2. The Hall–Kier alpha value is -0.720. The number of rotatable bonds is 1. The molecule has 2 N–H and O–H groups in total. The molecule has 1 aliphatic rings. The van der Waals surface area contributed by atoms with Gasteiger partial charge in [-0.15, -0.1) is 11.3 Å². The molecule has 2 heterocycles. The van der Waals surface area contributed by atoms with Crippen LogP contribution in [0.15, 0.2) is 21.6 Å². The van der Waals surface area contributed by atoms with E-state index in [1.807, 2.05) is 12.1 Å². The van der Waals surface area contributed by atoms with Crippen LogP contribution in [0.1, 0.15) is 4.88 Å². The van der Waals surface area contributed by atoms with E-state index in [-0.39, 0.29) is 5.91 Å². The van der Waals surface area contributed by atoms with Crippen molar-refractivity contribution in [3.8, 4) is 0 Å². The van der Waals surface area contributed by atoms with Crippen molar-refractivity contribution < 1.29 is 4.79 Å². The lowest BCUT2D eigenvalue weighted by atomic mass is 10.3. The topological polar surface area (TPSA) is 41.1 Å². The Kier molecular flexibility index (Phi) is 2.66. The van der Waals surface area contributed by atoms with Gasteiger partial charge in [0, 0.05) is 4.88 Å². The summed E-state index contributed by atoms with van der Waals surface area (Å²) in [6, 6.07) is 3.86. The van der Waals surface area contributed by atoms with Gasteiger partial charge < -0.3 is 5.32 Å². The minimum absolute atomic E-state index is 0.181. The second kappa shape index (κ2) is 3.80. The molecule has 1 aliphatic heterocycles. The highest BCUT2D eigenvalue weighted by molar-refractivity contribution is 9.11. The SMILES string of the molecule is O=C1NC(=S)N/C1=C/c1ccc(Br)s1. The second-order valence-corrected chi connectivity index (χ2v) is 5.51. The van der Waals surface area contributed by atoms with Gasteiger partial charge in [0.25, 0.3) is 5.91 Å². The van der Waals surface area contributed by atoms with Crippen LogP contribution in [0.2, 0.25) is 0 Å². The predicted molar refractivity (Wildman–Crippen MR) is 63.9 cm³/mol.